The number of likely N-dealkylation sites (tertiary alicyclic amines) is 1. The molecule has 0 aliphatic carbocycles. The first kappa shape index (κ1) is 19.1. The topological polar surface area (TPSA) is 92.8 Å². The van der Waals surface area contributed by atoms with Gasteiger partial charge in [0.25, 0.3) is 0 Å². The van der Waals surface area contributed by atoms with Crippen LogP contribution in [0.5, 0.6) is 0 Å². The molecule has 1 N–H and O–H groups in total. The molecule has 8 heteroatoms. The van der Waals surface area contributed by atoms with Crippen LogP contribution in [0.3, 0.4) is 0 Å². The molecule has 0 atom stereocenters. The summed E-state index contributed by atoms with van der Waals surface area (Å²) in [5, 5.41) is 14.6. The van der Waals surface area contributed by atoms with Crippen LogP contribution in [0.1, 0.15) is 30.4 Å². The van der Waals surface area contributed by atoms with Crippen LogP contribution in [0, 0.1) is 10.1 Å². The first-order valence-corrected chi connectivity index (χ1v) is 9.82. The van der Waals surface area contributed by atoms with Crippen molar-refractivity contribution in [1.82, 2.24) is 14.3 Å². The molecule has 3 aromatic rings. The number of rotatable bonds is 6. The van der Waals surface area contributed by atoms with Crippen molar-refractivity contribution in [3.63, 3.8) is 0 Å². The Kier molecular flexibility index (Phi) is 5.53. The van der Waals surface area contributed by atoms with E-state index in [0.29, 0.717) is 12.2 Å². The average molecular weight is 393 g/mol. The van der Waals surface area contributed by atoms with Crippen molar-refractivity contribution in [2.24, 2.45) is 0 Å². The van der Waals surface area contributed by atoms with Gasteiger partial charge >= 0.3 is 11.2 Å². The maximum atomic E-state index is 12.6. The number of benzene rings is 1. The number of nitro groups is 1. The molecule has 1 aromatic carbocycles. The van der Waals surface area contributed by atoms with Gasteiger partial charge in [0.05, 0.1) is 4.92 Å². The molecule has 1 fully saturated rings. The third kappa shape index (κ3) is 4.12. The lowest BCUT2D eigenvalue weighted by Crippen LogP contribution is -2.29. The van der Waals surface area contributed by atoms with Gasteiger partial charge < -0.3 is 5.32 Å². The molecule has 4 rings (SSSR count). The molecular weight excluding hydrogens is 370 g/mol. The van der Waals surface area contributed by atoms with E-state index in [4.69, 9.17) is 0 Å². The summed E-state index contributed by atoms with van der Waals surface area (Å²) in [6.45, 7) is 3.40. The standard InChI is InChI=1S/C21H23N5O3/c27-21-19(26(28)29)20(23-18-10-4-7-13-25(18)21)22-14-16-8-2-3-9-17(16)15-24-11-5-1-6-12-24/h2-4,7-10,13,22H,1,5-6,11-12,14-15H2. The Labute approximate surface area is 168 Å². The summed E-state index contributed by atoms with van der Waals surface area (Å²) in [7, 11) is 0. The third-order valence-electron chi connectivity index (χ3n) is 5.30. The van der Waals surface area contributed by atoms with E-state index in [1.165, 1.54) is 35.4 Å². The lowest BCUT2D eigenvalue weighted by atomic mass is 10.0. The van der Waals surface area contributed by atoms with Crippen molar-refractivity contribution in [3.05, 3.63) is 80.3 Å². The van der Waals surface area contributed by atoms with Crippen LogP contribution >= 0.6 is 0 Å². The summed E-state index contributed by atoms with van der Waals surface area (Å²) in [6.07, 6.45) is 5.21. The number of aromatic nitrogens is 2. The number of anilines is 1. The average Bonchev–Trinajstić information content (AvgIpc) is 2.73. The molecule has 29 heavy (non-hydrogen) atoms. The lowest BCUT2D eigenvalue weighted by Gasteiger charge is -2.27. The van der Waals surface area contributed by atoms with E-state index in [1.54, 1.807) is 18.2 Å². The van der Waals surface area contributed by atoms with Crippen molar-refractivity contribution in [3.8, 4) is 0 Å². The minimum Gasteiger partial charge on any atom is -0.360 e. The third-order valence-corrected chi connectivity index (χ3v) is 5.30. The normalized spacial score (nSPS) is 14.8. The molecular formula is C21H23N5O3. The highest BCUT2D eigenvalue weighted by molar-refractivity contribution is 5.60. The van der Waals surface area contributed by atoms with Crippen molar-refractivity contribution in [1.29, 1.82) is 0 Å². The van der Waals surface area contributed by atoms with Crippen molar-refractivity contribution in [2.75, 3.05) is 18.4 Å². The number of nitrogens with one attached hydrogen (secondary N) is 1. The quantitative estimate of drug-likeness (QED) is 0.511. The second kappa shape index (κ2) is 8.40. The van der Waals surface area contributed by atoms with Gasteiger partial charge in [0.2, 0.25) is 5.82 Å². The van der Waals surface area contributed by atoms with Crippen LogP contribution in [0.25, 0.3) is 5.65 Å². The van der Waals surface area contributed by atoms with E-state index in [1.807, 2.05) is 18.2 Å². The van der Waals surface area contributed by atoms with E-state index in [-0.39, 0.29) is 5.82 Å². The van der Waals surface area contributed by atoms with Crippen LogP contribution in [-0.4, -0.2) is 32.3 Å². The number of pyridine rings is 1. The summed E-state index contributed by atoms with van der Waals surface area (Å²) in [5.74, 6) is -0.000949. The Morgan fingerprint density at radius 3 is 2.52 bits per heavy atom. The van der Waals surface area contributed by atoms with Gasteiger partial charge in [0.15, 0.2) is 0 Å². The highest BCUT2D eigenvalue weighted by Gasteiger charge is 2.23. The minimum absolute atomic E-state index is 0.000949. The van der Waals surface area contributed by atoms with E-state index < -0.39 is 16.2 Å². The molecule has 0 bridgehead atoms. The molecule has 150 valence electrons. The Hall–Kier alpha value is -3.26. The van der Waals surface area contributed by atoms with Gasteiger partial charge in [0, 0.05) is 19.3 Å². The number of hydrogen-bond acceptors (Lipinski definition) is 6. The number of fused-ring (bicyclic) bond motifs is 1. The van der Waals surface area contributed by atoms with Gasteiger partial charge in [0.1, 0.15) is 5.65 Å². The largest absolute Gasteiger partial charge is 0.376 e. The SMILES string of the molecule is O=c1c([N+](=O)[O-])c(NCc2ccccc2CN2CCCCC2)nc2ccccn12. The van der Waals surface area contributed by atoms with Crippen LogP contribution in [-0.2, 0) is 13.1 Å². The van der Waals surface area contributed by atoms with E-state index in [0.717, 1.165) is 25.2 Å². The minimum atomic E-state index is -0.690. The van der Waals surface area contributed by atoms with Crippen molar-refractivity contribution >= 4 is 17.2 Å². The summed E-state index contributed by atoms with van der Waals surface area (Å²) in [5.41, 5.74) is 1.36. The number of nitrogens with zero attached hydrogens (tertiary/aromatic N) is 4. The molecule has 0 unspecified atom stereocenters. The number of piperidine rings is 1. The first-order chi connectivity index (χ1) is 14.1. The van der Waals surface area contributed by atoms with Gasteiger partial charge in [-0.05, 0) is 49.2 Å². The Balaban J connectivity index is 1.61. The first-order valence-electron chi connectivity index (χ1n) is 9.82. The molecule has 1 aliphatic heterocycles. The summed E-state index contributed by atoms with van der Waals surface area (Å²) >= 11 is 0. The molecule has 0 radical (unpaired) electrons. The van der Waals surface area contributed by atoms with Crippen LogP contribution < -0.4 is 10.9 Å². The summed E-state index contributed by atoms with van der Waals surface area (Å²) in [6, 6.07) is 13.1. The predicted octanol–water partition coefficient (Wildman–Crippen LogP) is 3.20. The highest BCUT2D eigenvalue weighted by Crippen LogP contribution is 2.21. The zero-order valence-electron chi connectivity index (χ0n) is 16.1. The number of hydrogen-bond donors (Lipinski definition) is 1. The summed E-state index contributed by atoms with van der Waals surface area (Å²) in [4.78, 5) is 30.2. The van der Waals surface area contributed by atoms with Gasteiger partial charge in [-0.1, -0.05) is 36.8 Å². The lowest BCUT2D eigenvalue weighted by molar-refractivity contribution is -0.385. The molecule has 0 amide bonds. The molecule has 0 saturated carbocycles. The van der Waals surface area contributed by atoms with E-state index in [2.05, 4.69) is 21.3 Å². The van der Waals surface area contributed by atoms with Gasteiger partial charge in [-0.3, -0.25) is 24.2 Å². The van der Waals surface area contributed by atoms with Crippen LogP contribution in [0.2, 0.25) is 0 Å². The fourth-order valence-corrected chi connectivity index (χ4v) is 3.79. The van der Waals surface area contributed by atoms with Crippen molar-refractivity contribution in [2.45, 2.75) is 32.4 Å². The molecule has 1 aliphatic rings. The second-order valence-electron chi connectivity index (χ2n) is 7.26. The van der Waals surface area contributed by atoms with Gasteiger partial charge in [-0.25, -0.2) is 4.98 Å². The second-order valence-corrected chi connectivity index (χ2v) is 7.26. The fraction of sp³-hybridized carbons (Fsp3) is 0.333. The smallest absolute Gasteiger partial charge is 0.360 e. The summed E-state index contributed by atoms with van der Waals surface area (Å²) < 4.78 is 1.19. The fourth-order valence-electron chi connectivity index (χ4n) is 3.79. The van der Waals surface area contributed by atoms with Gasteiger partial charge in [-0.2, -0.15) is 0 Å². The molecule has 1 saturated heterocycles. The molecule has 0 spiro atoms. The van der Waals surface area contributed by atoms with Crippen LogP contribution in [0.15, 0.2) is 53.5 Å². The Bertz CT molecular complexity index is 1090. The molecule has 3 heterocycles. The zero-order valence-corrected chi connectivity index (χ0v) is 16.1. The monoisotopic (exact) mass is 393 g/mol. The zero-order chi connectivity index (χ0) is 20.2. The Morgan fingerprint density at radius 2 is 1.76 bits per heavy atom. The molecule has 2 aromatic heterocycles. The predicted molar refractivity (Wildman–Crippen MR) is 111 cm³/mol. The van der Waals surface area contributed by atoms with Gasteiger partial charge in [-0.15, -0.1) is 0 Å². The highest BCUT2D eigenvalue weighted by atomic mass is 16.6. The molecule has 8 nitrogen and oxygen atoms in total. The van der Waals surface area contributed by atoms with E-state index in [9.17, 15) is 14.9 Å². The maximum Gasteiger partial charge on any atom is 0.376 e. The Morgan fingerprint density at radius 1 is 1.03 bits per heavy atom. The van der Waals surface area contributed by atoms with E-state index >= 15 is 0 Å². The van der Waals surface area contributed by atoms with Crippen molar-refractivity contribution < 1.29 is 4.92 Å². The van der Waals surface area contributed by atoms with Crippen LogP contribution in [0.4, 0.5) is 11.5 Å². The maximum absolute atomic E-state index is 12.6.